The summed E-state index contributed by atoms with van der Waals surface area (Å²) in [6, 6.07) is 5.11. The van der Waals surface area contributed by atoms with E-state index in [0.717, 1.165) is 0 Å². The molecule has 0 unspecified atom stereocenters. The molecule has 1 amide bonds. The quantitative estimate of drug-likeness (QED) is 0.908. The summed E-state index contributed by atoms with van der Waals surface area (Å²) >= 11 is 3.29. The fourth-order valence-electron chi connectivity index (χ4n) is 1.27. The first kappa shape index (κ1) is 14.7. The maximum atomic E-state index is 11.9. The maximum Gasteiger partial charge on any atom is 0.252 e. The minimum absolute atomic E-state index is 0.00219. The lowest BCUT2D eigenvalue weighted by Crippen LogP contribution is -2.31. The first-order chi connectivity index (χ1) is 8.45. The summed E-state index contributed by atoms with van der Waals surface area (Å²) < 4.78 is 5.72. The van der Waals surface area contributed by atoms with Crippen LogP contribution < -0.4 is 10.1 Å². The summed E-state index contributed by atoms with van der Waals surface area (Å²) in [6.07, 6.45) is 0. The third kappa shape index (κ3) is 3.84. The van der Waals surface area contributed by atoms with Crippen molar-refractivity contribution in [2.24, 2.45) is 5.92 Å². The zero-order valence-corrected chi connectivity index (χ0v) is 12.2. The van der Waals surface area contributed by atoms with Gasteiger partial charge in [-0.2, -0.15) is 0 Å². The van der Waals surface area contributed by atoms with E-state index in [9.17, 15) is 9.59 Å². The number of hydrogen-bond acceptors (Lipinski definition) is 3. The van der Waals surface area contributed by atoms with Gasteiger partial charge in [0.2, 0.25) is 0 Å². The highest BCUT2D eigenvalue weighted by atomic mass is 79.9. The molecule has 0 spiro atoms. The molecule has 1 aromatic carbocycles. The lowest BCUT2D eigenvalue weighted by atomic mass is 10.1. The summed E-state index contributed by atoms with van der Waals surface area (Å²) in [5.74, 6) is 0.217. The first-order valence-electron chi connectivity index (χ1n) is 5.60. The van der Waals surface area contributed by atoms with Gasteiger partial charge in [-0.3, -0.25) is 9.59 Å². The summed E-state index contributed by atoms with van der Waals surface area (Å²) in [4.78, 5) is 23.3. The topological polar surface area (TPSA) is 55.4 Å². The van der Waals surface area contributed by atoms with Gasteiger partial charge in [-0.05, 0) is 34.1 Å². The average molecular weight is 314 g/mol. The largest absolute Gasteiger partial charge is 0.497 e. The number of ketones is 1. The molecule has 1 N–H and O–H groups in total. The number of benzene rings is 1. The molecule has 0 radical (unpaired) electrons. The molecular weight excluding hydrogens is 298 g/mol. The second kappa shape index (κ2) is 6.54. The van der Waals surface area contributed by atoms with Crippen LogP contribution in [0.25, 0.3) is 0 Å². The molecule has 0 fully saturated rings. The van der Waals surface area contributed by atoms with Gasteiger partial charge in [-0.1, -0.05) is 13.8 Å². The van der Waals surface area contributed by atoms with Crippen LogP contribution in [-0.2, 0) is 4.79 Å². The third-order valence-corrected chi connectivity index (χ3v) is 3.18. The van der Waals surface area contributed by atoms with Crippen LogP contribution in [0.2, 0.25) is 0 Å². The molecule has 0 atom stereocenters. The fourth-order valence-corrected chi connectivity index (χ4v) is 1.70. The van der Waals surface area contributed by atoms with E-state index in [1.165, 1.54) is 7.11 Å². The van der Waals surface area contributed by atoms with Crippen molar-refractivity contribution in [3.8, 4) is 5.75 Å². The molecule has 0 aliphatic heterocycles. The fraction of sp³-hybridized carbons (Fsp3) is 0.385. The lowest BCUT2D eigenvalue weighted by molar-refractivity contribution is -0.120. The van der Waals surface area contributed by atoms with Gasteiger partial charge in [0, 0.05) is 10.4 Å². The van der Waals surface area contributed by atoms with E-state index < -0.39 is 0 Å². The second-order valence-corrected chi connectivity index (χ2v) is 5.00. The van der Waals surface area contributed by atoms with Crippen LogP contribution in [0.3, 0.4) is 0 Å². The van der Waals surface area contributed by atoms with Crippen molar-refractivity contribution < 1.29 is 14.3 Å². The van der Waals surface area contributed by atoms with Crippen LogP contribution in [0.4, 0.5) is 0 Å². The number of methoxy groups -OCH3 is 1. The number of carbonyl (C=O) groups excluding carboxylic acids is 2. The number of halogens is 1. The Morgan fingerprint density at radius 3 is 2.61 bits per heavy atom. The van der Waals surface area contributed by atoms with E-state index in [1.807, 2.05) is 0 Å². The predicted molar refractivity (Wildman–Crippen MR) is 72.9 cm³/mol. The van der Waals surface area contributed by atoms with Gasteiger partial charge < -0.3 is 10.1 Å². The first-order valence-corrected chi connectivity index (χ1v) is 6.39. The van der Waals surface area contributed by atoms with E-state index in [1.54, 1.807) is 32.0 Å². The van der Waals surface area contributed by atoms with E-state index >= 15 is 0 Å². The van der Waals surface area contributed by atoms with E-state index in [4.69, 9.17) is 4.74 Å². The van der Waals surface area contributed by atoms with Crippen molar-refractivity contribution in [3.63, 3.8) is 0 Å². The molecule has 0 aliphatic rings. The summed E-state index contributed by atoms with van der Waals surface area (Å²) in [5, 5.41) is 2.60. The minimum Gasteiger partial charge on any atom is -0.497 e. The van der Waals surface area contributed by atoms with Gasteiger partial charge in [-0.15, -0.1) is 0 Å². The molecule has 4 nitrogen and oxygen atoms in total. The Labute approximate surface area is 115 Å². The molecule has 18 heavy (non-hydrogen) atoms. The molecule has 0 bridgehead atoms. The molecule has 0 saturated carbocycles. The number of ether oxygens (including phenoxy) is 1. The zero-order chi connectivity index (χ0) is 13.7. The standard InChI is InChI=1S/C13H16BrNO3/c1-8(2)12(16)7-15-13(17)10-6-9(18-3)4-5-11(10)14/h4-6,8H,7H2,1-3H3,(H,15,17). The van der Waals surface area contributed by atoms with Crippen LogP contribution in [0, 0.1) is 5.92 Å². The Kier molecular flexibility index (Phi) is 5.34. The van der Waals surface area contributed by atoms with E-state index in [2.05, 4.69) is 21.2 Å². The van der Waals surface area contributed by atoms with Crippen molar-refractivity contribution in [2.75, 3.05) is 13.7 Å². The number of nitrogens with one attached hydrogen (secondary N) is 1. The van der Waals surface area contributed by atoms with Crippen molar-refractivity contribution in [1.29, 1.82) is 0 Å². The SMILES string of the molecule is COc1ccc(Br)c(C(=O)NCC(=O)C(C)C)c1. The normalized spacial score (nSPS) is 10.3. The number of hydrogen-bond donors (Lipinski definition) is 1. The van der Waals surface area contributed by atoms with Crippen LogP contribution in [0.1, 0.15) is 24.2 Å². The highest BCUT2D eigenvalue weighted by Crippen LogP contribution is 2.22. The van der Waals surface area contributed by atoms with Crippen LogP contribution in [0.5, 0.6) is 5.75 Å². The van der Waals surface area contributed by atoms with Crippen LogP contribution >= 0.6 is 15.9 Å². The van der Waals surface area contributed by atoms with E-state index in [0.29, 0.717) is 15.8 Å². The molecule has 1 aromatic rings. The molecular formula is C13H16BrNO3. The van der Waals surface area contributed by atoms with Gasteiger partial charge in [0.25, 0.3) is 5.91 Å². The van der Waals surface area contributed by atoms with Crippen LogP contribution in [-0.4, -0.2) is 25.3 Å². The highest BCUT2D eigenvalue weighted by Gasteiger charge is 2.13. The number of carbonyl (C=O) groups is 2. The zero-order valence-electron chi connectivity index (χ0n) is 10.6. The third-order valence-electron chi connectivity index (χ3n) is 2.49. The van der Waals surface area contributed by atoms with Gasteiger partial charge >= 0.3 is 0 Å². The Hall–Kier alpha value is -1.36. The smallest absolute Gasteiger partial charge is 0.252 e. The van der Waals surface area contributed by atoms with Gasteiger partial charge in [0.15, 0.2) is 5.78 Å². The number of amides is 1. The molecule has 1 rings (SSSR count). The Balaban J connectivity index is 2.75. The maximum absolute atomic E-state index is 11.9. The van der Waals surface area contributed by atoms with Crippen LogP contribution in [0.15, 0.2) is 22.7 Å². The van der Waals surface area contributed by atoms with Gasteiger partial charge in [0.1, 0.15) is 5.75 Å². The van der Waals surface area contributed by atoms with Gasteiger partial charge in [-0.25, -0.2) is 0 Å². The molecule has 5 heteroatoms. The van der Waals surface area contributed by atoms with Crippen molar-refractivity contribution >= 4 is 27.6 Å². The summed E-state index contributed by atoms with van der Waals surface area (Å²) in [5.41, 5.74) is 0.450. The van der Waals surface area contributed by atoms with E-state index in [-0.39, 0.29) is 24.2 Å². The average Bonchev–Trinajstić information content (AvgIpc) is 2.35. The van der Waals surface area contributed by atoms with Crippen molar-refractivity contribution in [1.82, 2.24) is 5.32 Å². The Morgan fingerprint density at radius 2 is 2.06 bits per heavy atom. The summed E-state index contributed by atoms with van der Waals surface area (Å²) in [6.45, 7) is 3.64. The minimum atomic E-state index is -0.297. The molecule has 98 valence electrons. The van der Waals surface area contributed by atoms with Crippen molar-refractivity contribution in [3.05, 3.63) is 28.2 Å². The monoisotopic (exact) mass is 313 g/mol. The lowest BCUT2D eigenvalue weighted by Gasteiger charge is -2.09. The molecule has 0 saturated heterocycles. The molecule has 0 heterocycles. The summed E-state index contributed by atoms with van der Waals surface area (Å²) in [7, 11) is 1.53. The second-order valence-electron chi connectivity index (χ2n) is 4.15. The molecule has 0 aromatic heterocycles. The number of Topliss-reactive ketones (excluding diaryl/α,β-unsaturated/α-hetero) is 1. The Morgan fingerprint density at radius 1 is 1.39 bits per heavy atom. The molecule has 0 aliphatic carbocycles. The highest BCUT2D eigenvalue weighted by molar-refractivity contribution is 9.10. The predicted octanol–water partition coefficient (Wildman–Crippen LogP) is 2.41. The van der Waals surface area contributed by atoms with Crippen molar-refractivity contribution in [2.45, 2.75) is 13.8 Å². The number of rotatable bonds is 5. The Bertz CT molecular complexity index is 458. The van der Waals surface area contributed by atoms with Gasteiger partial charge in [0.05, 0.1) is 19.2 Å².